The smallest absolute Gasteiger partial charge is 0.232 e. The van der Waals surface area contributed by atoms with Crippen molar-refractivity contribution in [3.05, 3.63) is 23.8 Å². The summed E-state index contributed by atoms with van der Waals surface area (Å²) >= 11 is 0. The van der Waals surface area contributed by atoms with Gasteiger partial charge in [-0.1, -0.05) is 19.9 Å². The molecule has 0 amide bonds. The fourth-order valence-electron chi connectivity index (χ4n) is 1.37. The van der Waals surface area contributed by atoms with Gasteiger partial charge in [-0.15, -0.1) is 0 Å². The summed E-state index contributed by atoms with van der Waals surface area (Å²) in [5, 5.41) is 0. The highest BCUT2D eigenvalue weighted by Gasteiger charge is 2.13. The summed E-state index contributed by atoms with van der Waals surface area (Å²) < 4.78 is 26.2. The summed E-state index contributed by atoms with van der Waals surface area (Å²) in [6, 6.07) is 5.21. The minimum absolute atomic E-state index is 0.138. The normalized spacial score (nSPS) is 11.8. The van der Waals surface area contributed by atoms with Gasteiger partial charge in [0.1, 0.15) is 0 Å². The molecule has 0 saturated carbocycles. The summed E-state index contributed by atoms with van der Waals surface area (Å²) in [5.41, 5.74) is 7.65. The van der Waals surface area contributed by atoms with E-state index in [0.29, 0.717) is 23.7 Å². The Bertz CT molecular complexity index is 481. The van der Waals surface area contributed by atoms with E-state index in [-0.39, 0.29) is 5.75 Å². The molecule has 5 heteroatoms. The first-order valence-electron chi connectivity index (χ1n) is 5.67. The summed E-state index contributed by atoms with van der Waals surface area (Å²) in [6.07, 6.45) is 0.650. The number of hydrogen-bond acceptors (Lipinski definition) is 3. The average Bonchev–Trinajstić information content (AvgIpc) is 2.22. The molecule has 4 nitrogen and oxygen atoms in total. The summed E-state index contributed by atoms with van der Waals surface area (Å²) in [7, 11) is -3.27. The summed E-state index contributed by atoms with van der Waals surface area (Å²) in [5.74, 6) is 0.507. The van der Waals surface area contributed by atoms with E-state index >= 15 is 0 Å². The molecule has 1 aromatic rings. The van der Waals surface area contributed by atoms with Gasteiger partial charge in [0.05, 0.1) is 11.4 Å². The minimum atomic E-state index is -3.27. The van der Waals surface area contributed by atoms with Crippen LogP contribution >= 0.6 is 0 Å². The number of nitrogens with one attached hydrogen (secondary N) is 1. The second-order valence-electron chi connectivity index (χ2n) is 4.62. The maximum Gasteiger partial charge on any atom is 0.232 e. The van der Waals surface area contributed by atoms with Gasteiger partial charge in [-0.3, -0.25) is 4.72 Å². The minimum Gasteiger partial charge on any atom is -0.398 e. The molecule has 0 bridgehead atoms. The van der Waals surface area contributed by atoms with Gasteiger partial charge in [-0.2, -0.15) is 0 Å². The highest BCUT2D eigenvalue weighted by molar-refractivity contribution is 7.92. The van der Waals surface area contributed by atoms with E-state index in [4.69, 9.17) is 5.73 Å². The molecular weight excluding hydrogens is 236 g/mol. The topological polar surface area (TPSA) is 72.2 Å². The molecule has 3 N–H and O–H groups in total. The molecule has 0 atom stereocenters. The monoisotopic (exact) mass is 256 g/mol. The summed E-state index contributed by atoms with van der Waals surface area (Å²) in [4.78, 5) is 0. The highest BCUT2D eigenvalue weighted by atomic mass is 32.2. The third kappa shape index (κ3) is 4.26. The zero-order chi connectivity index (χ0) is 13.1. The SMILES string of the molecule is Cc1c(N)cccc1NS(=O)(=O)CCC(C)C. The van der Waals surface area contributed by atoms with Crippen LogP contribution < -0.4 is 10.5 Å². The largest absolute Gasteiger partial charge is 0.398 e. The van der Waals surface area contributed by atoms with Crippen molar-refractivity contribution in [3.8, 4) is 0 Å². The number of rotatable bonds is 5. The zero-order valence-electron chi connectivity index (χ0n) is 10.5. The number of anilines is 2. The Morgan fingerprint density at radius 1 is 1.35 bits per heavy atom. The number of hydrogen-bond donors (Lipinski definition) is 2. The first-order chi connectivity index (χ1) is 7.82. The van der Waals surface area contributed by atoms with Gasteiger partial charge in [-0.25, -0.2) is 8.42 Å². The Morgan fingerprint density at radius 2 is 2.00 bits per heavy atom. The Labute approximate surface area is 103 Å². The van der Waals surface area contributed by atoms with Crippen LogP contribution in [-0.4, -0.2) is 14.2 Å². The number of nitrogen functional groups attached to an aromatic ring is 1. The highest BCUT2D eigenvalue weighted by Crippen LogP contribution is 2.21. The standard InChI is InChI=1S/C12H20N2O2S/c1-9(2)7-8-17(15,16)14-12-6-4-5-11(13)10(12)3/h4-6,9,14H,7-8,13H2,1-3H3. The molecule has 0 aromatic heterocycles. The van der Waals surface area contributed by atoms with E-state index < -0.39 is 10.0 Å². The second kappa shape index (κ2) is 5.40. The third-order valence-corrected chi connectivity index (χ3v) is 3.91. The lowest BCUT2D eigenvalue weighted by atomic mass is 10.2. The van der Waals surface area contributed by atoms with Crippen LogP contribution in [0.15, 0.2) is 18.2 Å². The Balaban J connectivity index is 2.80. The first-order valence-corrected chi connectivity index (χ1v) is 7.32. The number of nitrogens with two attached hydrogens (primary N) is 1. The Kier molecular flexibility index (Phi) is 4.40. The lowest BCUT2D eigenvalue weighted by molar-refractivity contribution is 0.578. The molecular formula is C12H20N2O2S. The van der Waals surface area contributed by atoms with Crippen molar-refractivity contribution >= 4 is 21.4 Å². The molecule has 0 heterocycles. The van der Waals surface area contributed by atoms with E-state index in [2.05, 4.69) is 4.72 Å². The third-order valence-electron chi connectivity index (χ3n) is 2.61. The van der Waals surface area contributed by atoms with Crippen LogP contribution in [0, 0.1) is 12.8 Å². The van der Waals surface area contributed by atoms with Crippen LogP contribution in [0.2, 0.25) is 0 Å². The van der Waals surface area contributed by atoms with E-state index in [1.54, 1.807) is 25.1 Å². The quantitative estimate of drug-likeness (QED) is 0.794. The second-order valence-corrected chi connectivity index (χ2v) is 6.47. The van der Waals surface area contributed by atoms with E-state index in [1.165, 1.54) is 0 Å². The molecule has 0 saturated heterocycles. The van der Waals surface area contributed by atoms with Crippen molar-refractivity contribution in [2.24, 2.45) is 5.92 Å². The number of benzene rings is 1. The van der Waals surface area contributed by atoms with Crippen molar-refractivity contribution < 1.29 is 8.42 Å². The van der Waals surface area contributed by atoms with Crippen LogP contribution in [0.25, 0.3) is 0 Å². The molecule has 0 aliphatic carbocycles. The van der Waals surface area contributed by atoms with Crippen molar-refractivity contribution in [1.82, 2.24) is 0 Å². The van der Waals surface area contributed by atoms with Crippen molar-refractivity contribution in [2.45, 2.75) is 27.2 Å². The van der Waals surface area contributed by atoms with Crippen molar-refractivity contribution in [1.29, 1.82) is 0 Å². The van der Waals surface area contributed by atoms with Crippen LogP contribution in [0.1, 0.15) is 25.8 Å². The Hall–Kier alpha value is -1.23. The molecule has 0 fully saturated rings. The lowest BCUT2D eigenvalue weighted by Gasteiger charge is -2.12. The van der Waals surface area contributed by atoms with Gasteiger partial charge in [0.25, 0.3) is 0 Å². The van der Waals surface area contributed by atoms with Gasteiger partial charge in [0.2, 0.25) is 10.0 Å². The molecule has 0 spiro atoms. The van der Waals surface area contributed by atoms with Crippen molar-refractivity contribution in [3.63, 3.8) is 0 Å². The van der Waals surface area contributed by atoms with Gasteiger partial charge >= 0.3 is 0 Å². The molecule has 96 valence electrons. The van der Waals surface area contributed by atoms with E-state index in [9.17, 15) is 8.42 Å². The van der Waals surface area contributed by atoms with Gasteiger partial charge in [0.15, 0.2) is 0 Å². The van der Waals surface area contributed by atoms with Crippen LogP contribution in [0.4, 0.5) is 11.4 Å². The fourth-order valence-corrected chi connectivity index (χ4v) is 2.81. The number of sulfonamides is 1. The van der Waals surface area contributed by atoms with E-state index in [0.717, 1.165) is 5.56 Å². The maximum absolute atomic E-state index is 11.8. The van der Waals surface area contributed by atoms with Crippen LogP contribution in [0.3, 0.4) is 0 Å². The Morgan fingerprint density at radius 3 is 2.59 bits per heavy atom. The predicted molar refractivity (Wildman–Crippen MR) is 72.5 cm³/mol. The van der Waals surface area contributed by atoms with Crippen LogP contribution in [0.5, 0.6) is 0 Å². The van der Waals surface area contributed by atoms with E-state index in [1.807, 2.05) is 13.8 Å². The molecule has 0 radical (unpaired) electrons. The maximum atomic E-state index is 11.8. The molecule has 0 aliphatic rings. The fraction of sp³-hybridized carbons (Fsp3) is 0.500. The predicted octanol–water partition coefficient (Wildman–Crippen LogP) is 2.37. The molecule has 1 rings (SSSR count). The average molecular weight is 256 g/mol. The lowest BCUT2D eigenvalue weighted by Crippen LogP contribution is -2.18. The molecule has 17 heavy (non-hydrogen) atoms. The van der Waals surface area contributed by atoms with Gasteiger partial charge in [-0.05, 0) is 37.0 Å². The molecule has 0 unspecified atom stereocenters. The van der Waals surface area contributed by atoms with Crippen molar-refractivity contribution in [2.75, 3.05) is 16.2 Å². The summed E-state index contributed by atoms with van der Waals surface area (Å²) in [6.45, 7) is 5.80. The zero-order valence-corrected chi connectivity index (χ0v) is 11.3. The molecule has 0 aliphatic heterocycles. The van der Waals surface area contributed by atoms with Gasteiger partial charge in [0, 0.05) is 5.69 Å². The van der Waals surface area contributed by atoms with Gasteiger partial charge < -0.3 is 5.73 Å². The first kappa shape index (κ1) is 13.8. The molecule has 1 aromatic carbocycles. The van der Waals surface area contributed by atoms with Crippen LogP contribution in [-0.2, 0) is 10.0 Å².